The van der Waals surface area contributed by atoms with Crippen molar-refractivity contribution in [1.29, 1.82) is 0 Å². The number of likely N-dealkylation sites (tertiary alicyclic amines) is 2. The Bertz CT molecular complexity index is 1410. The summed E-state index contributed by atoms with van der Waals surface area (Å²) < 4.78 is 47.2. The number of alkyl halides is 3. The molecule has 0 aromatic heterocycles. The molecule has 3 aliphatic heterocycles. The molecule has 6 rings (SSSR count). The molecule has 0 spiro atoms. The second-order valence-electron chi connectivity index (χ2n) is 13.8. The lowest BCUT2D eigenvalue weighted by Crippen LogP contribution is -2.40. The predicted molar refractivity (Wildman–Crippen MR) is 173 cm³/mol. The lowest BCUT2D eigenvalue weighted by Gasteiger charge is -2.36. The van der Waals surface area contributed by atoms with Crippen molar-refractivity contribution in [2.75, 3.05) is 64.9 Å². The van der Waals surface area contributed by atoms with Gasteiger partial charge in [0.2, 0.25) is 11.8 Å². The van der Waals surface area contributed by atoms with E-state index in [2.05, 4.69) is 10.2 Å². The molecule has 47 heavy (non-hydrogen) atoms. The number of ether oxygens (including phenoxy) is 1. The van der Waals surface area contributed by atoms with Gasteiger partial charge in [0.05, 0.1) is 18.6 Å². The third-order valence-corrected chi connectivity index (χ3v) is 11.2. The summed E-state index contributed by atoms with van der Waals surface area (Å²) >= 11 is 0. The zero-order valence-electron chi connectivity index (χ0n) is 27.3. The minimum atomic E-state index is -4.51. The van der Waals surface area contributed by atoms with Crippen molar-refractivity contribution < 1.29 is 32.6 Å². The highest BCUT2D eigenvalue weighted by Crippen LogP contribution is 2.44. The van der Waals surface area contributed by atoms with Crippen LogP contribution in [0.3, 0.4) is 0 Å². The Kier molecular flexibility index (Phi) is 10.0. The number of amides is 2. The van der Waals surface area contributed by atoms with Crippen LogP contribution in [0.15, 0.2) is 42.5 Å². The van der Waals surface area contributed by atoms with E-state index >= 15 is 0 Å². The summed E-state index contributed by atoms with van der Waals surface area (Å²) in [5.74, 6) is -0.265. The van der Waals surface area contributed by atoms with Gasteiger partial charge in [-0.25, -0.2) is 0 Å². The van der Waals surface area contributed by atoms with Crippen molar-refractivity contribution in [3.63, 3.8) is 0 Å². The molecule has 0 radical (unpaired) electrons. The van der Waals surface area contributed by atoms with Crippen molar-refractivity contribution in [2.45, 2.75) is 62.6 Å². The number of anilines is 1. The van der Waals surface area contributed by atoms with Gasteiger partial charge in [-0.1, -0.05) is 31.0 Å². The van der Waals surface area contributed by atoms with Gasteiger partial charge in [-0.05, 0) is 61.1 Å². The maximum absolute atomic E-state index is 14.4. The van der Waals surface area contributed by atoms with Gasteiger partial charge in [0.15, 0.2) is 0 Å². The van der Waals surface area contributed by atoms with E-state index in [0.29, 0.717) is 57.3 Å². The summed E-state index contributed by atoms with van der Waals surface area (Å²) in [6.07, 6.45) is 1.28. The van der Waals surface area contributed by atoms with Gasteiger partial charge in [-0.3, -0.25) is 14.5 Å². The minimum Gasteiger partial charge on any atom is -0.497 e. The molecule has 4 aliphatic rings. The van der Waals surface area contributed by atoms with Gasteiger partial charge in [0.1, 0.15) is 5.75 Å². The molecule has 1 aliphatic carbocycles. The van der Waals surface area contributed by atoms with Crippen LogP contribution in [0.2, 0.25) is 0 Å². The third kappa shape index (κ3) is 6.97. The topological polar surface area (TPSA) is 85.4 Å². The zero-order valence-corrected chi connectivity index (χ0v) is 27.3. The predicted octanol–water partition coefficient (Wildman–Crippen LogP) is 4.87. The lowest BCUT2D eigenvalue weighted by molar-refractivity contribution is -0.137. The number of piperidine rings is 1. The Balaban J connectivity index is 1.26. The monoisotopic (exact) mass is 656 g/mol. The standard InChI is InChI=1S/C36H47F3N4O4/c1-40-34(45)24-13-15-41(16-14-24)33-17-26(36(37,38)39)9-12-29(33)31-20-43(18-25(31)22-44)35(46)32-21-42(27-5-3-4-6-27)19-30(32)23-7-10-28(47-2)11-8-23/h7-12,17,24-25,27,30-32,44H,3-6,13-16,18-22H2,1-2H3,(H,40,45)/t25-,30+,31+,32-/m1/s1. The molecule has 0 bridgehead atoms. The molecule has 3 saturated heterocycles. The van der Waals surface area contributed by atoms with Crippen LogP contribution in [0.1, 0.15) is 67.1 Å². The van der Waals surface area contributed by atoms with E-state index in [1.54, 1.807) is 20.2 Å². The largest absolute Gasteiger partial charge is 0.497 e. The number of aliphatic hydroxyl groups excluding tert-OH is 1. The molecular weight excluding hydrogens is 609 g/mol. The molecule has 1 saturated carbocycles. The fourth-order valence-corrected chi connectivity index (χ4v) is 8.56. The quantitative estimate of drug-likeness (QED) is 0.422. The molecule has 0 unspecified atom stereocenters. The first-order valence-electron chi connectivity index (χ1n) is 17.1. The minimum absolute atomic E-state index is 0.0175. The van der Waals surface area contributed by atoms with Gasteiger partial charge in [-0.2, -0.15) is 13.2 Å². The third-order valence-electron chi connectivity index (χ3n) is 11.2. The normalized spacial score (nSPS) is 26.3. The van der Waals surface area contributed by atoms with E-state index in [9.17, 15) is 27.9 Å². The highest BCUT2D eigenvalue weighted by atomic mass is 19.4. The number of halogens is 3. The SMILES string of the molecule is CNC(=O)C1CCN(c2cc(C(F)(F)F)ccc2[C@H]2CN(C(=O)[C@@H]3CN(C4CCCC4)C[C@H]3c3ccc(OC)cc3)C[C@@H]2CO)CC1. The Morgan fingerprint density at radius 1 is 0.936 bits per heavy atom. The van der Waals surface area contributed by atoms with Crippen LogP contribution in [0, 0.1) is 17.8 Å². The summed E-state index contributed by atoms with van der Waals surface area (Å²) in [5.41, 5.74) is 1.58. The first-order chi connectivity index (χ1) is 22.6. The molecule has 8 nitrogen and oxygen atoms in total. The molecular formula is C36H47F3N4O4. The van der Waals surface area contributed by atoms with E-state index in [-0.39, 0.29) is 48.0 Å². The summed E-state index contributed by atoms with van der Waals surface area (Å²) in [7, 11) is 3.23. The van der Waals surface area contributed by atoms with E-state index in [4.69, 9.17) is 4.74 Å². The van der Waals surface area contributed by atoms with Crippen LogP contribution in [0.25, 0.3) is 0 Å². The average Bonchev–Trinajstić information content (AvgIpc) is 3.87. The molecule has 2 amide bonds. The number of hydrogen-bond donors (Lipinski definition) is 2. The van der Waals surface area contributed by atoms with Crippen LogP contribution in [0.5, 0.6) is 5.75 Å². The zero-order chi connectivity index (χ0) is 33.3. The van der Waals surface area contributed by atoms with Crippen molar-refractivity contribution >= 4 is 17.5 Å². The Hall–Kier alpha value is -3.31. The molecule has 4 fully saturated rings. The summed E-state index contributed by atoms with van der Waals surface area (Å²) in [6, 6.07) is 12.3. The number of rotatable bonds is 8. The van der Waals surface area contributed by atoms with Crippen LogP contribution < -0.4 is 15.0 Å². The van der Waals surface area contributed by atoms with E-state index in [1.807, 2.05) is 34.1 Å². The molecule has 256 valence electrons. The van der Waals surface area contributed by atoms with Gasteiger partial charge in [-0.15, -0.1) is 0 Å². The van der Waals surface area contributed by atoms with Gasteiger partial charge < -0.3 is 25.0 Å². The van der Waals surface area contributed by atoms with Crippen LogP contribution >= 0.6 is 0 Å². The molecule has 2 aromatic carbocycles. The summed E-state index contributed by atoms with van der Waals surface area (Å²) in [6.45, 7) is 2.91. The van der Waals surface area contributed by atoms with Crippen molar-refractivity contribution in [3.05, 3.63) is 59.2 Å². The molecule has 2 N–H and O–H groups in total. The maximum Gasteiger partial charge on any atom is 0.416 e. The number of aliphatic hydroxyl groups is 1. The number of carbonyl (C=O) groups excluding carboxylic acids is 2. The second-order valence-corrected chi connectivity index (χ2v) is 13.8. The Labute approximate surface area is 275 Å². The fraction of sp³-hybridized carbons (Fsp3) is 0.611. The lowest BCUT2D eigenvalue weighted by atomic mass is 9.86. The van der Waals surface area contributed by atoms with Gasteiger partial charge >= 0.3 is 6.18 Å². The highest BCUT2D eigenvalue weighted by molar-refractivity contribution is 5.81. The van der Waals surface area contributed by atoms with Gasteiger partial charge in [0, 0.05) is 88.3 Å². The molecule has 11 heteroatoms. The Morgan fingerprint density at radius 2 is 1.64 bits per heavy atom. The summed E-state index contributed by atoms with van der Waals surface area (Å²) in [5, 5.41) is 13.2. The summed E-state index contributed by atoms with van der Waals surface area (Å²) in [4.78, 5) is 33.0. The van der Waals surface area contributed by atoms with Gasteiger partial charge in [0.25, 0.3) is 0 Å². The van der Waals surface area contributed by atoms with Crippen molar-refractivity contribution in [1.82, 2.24) is 15.1 Å². The number of hydrogen-bond acceptors (Lipinski definition) is 6. The molecule has 2 aromatic rings. The fourth-order valence-electron chi connectivity index (χ4n) is 8.56. The van der Waals surface area contributed by atoms with E-state index in [0.717, 1.165) is 42.3 Å². The van der Waals surface area contributed by atoms with Crippen LogP contribution in [0.4, 0.5) is 18.9 Å². The number of benzene rings is 2. The first kappa shape index (κ1) is 33.6. The Morgan fingerprint density at radius 3 is 2.26 bits per heavy atom. The smallest absolute Gasteiger partial charge is 0.416 e. The van der Waals surface area contributed by atoms with E-state index in [1.165, 1.54) is 18.9 Å². The van der Waals surface area contributed by atoms with Crippen molar-refractivity contribution in [3.8, 4) is 5.75 Å². The number of carbonyl (C=O) groups is 2. The molecule has 3 heterocycles. The van der Waals surface area contributed by atoms with Crippen LogP contribution in [-0.4, -0.2) is 92.8 Å². The van der Waals surface area contributed by atoms with Crippen molar-refractivity contribution in [2.24, 2.45) is 17.8 Å². The number of nitrogens with one attached hydrogen (secondary N) is 1. The second kappa shape index (κ2) is 14.0. The highest BCUT2D eigenvalue weighted by Gasteiger charge is 2.46. The number of methoxy groups -OCH3 is 1. The molecule has 4 atom stereocenters. The number of nitrogens with zero attached hydrogens (tertiary/aromatic N) is 3. The van der Waals surface area contributed by atoms with E-state index < -0.39 is 11.7 Å². The maximum atomic E-state index is 14.4. The van der Waals surface area contributed by atoms with Crippen LogP contribution in [-0.2, 0) is 15.8 Å². The first-order valence-corrected chi connectivity index (χ1v) is 17.1. The average molecular weight is 657 g/mol.